The van der Waals surface area contributed by atoms with Crippen molar-refractivity contribution in [3.63, 3.8) is 0 Å². The maximum atomic E-state index is 12.6. The number of hydrogen-bond acceptors (Lipinski definition) is 4. The fourth-order valence-corrected chi connectivity index (χ4v) is 4.40. The molecule has 1 amide bonds. The van der Waals surface area contributed by atoms with Crippen molar-refractivity contribution in [3.8, 4) is 0 Å². The highest BCUT2D eigenvalue weighted by Crippen LogP contribution is 2.41. The maximum Gasteiger partial charge on any atom is 0.285 e. The molecule has 1 saturated heterocycles. The third-order valence-electron chi connectivity index (χ3n) is 5.90. The number of nitrogens with zero attached hydrogens (tertiary/aromatic N) is 3. The summed E-state index contributed by atoms with van der Waals surface area (Å²) in [7, 11) is 0. The number of aryl methyl sites for hydroxylation is 1. The molecule has 6 nitrogen and oxygen atoms in total. The van der Waals surface area contributed by atoms with E-state index in [0.29, 0.717) is 12.5 Å². The van der Waals surface area contributed by atoms with Crippen molar-refractivity contribution < 1.29 is 4.79 Å². The Hall–Kier alpha value is -2.47. The standard InChI is InChI=1S/C22H28N4O2/c1-16(2)12-23-19(27)18-14-26-11-9-22(21(26)24-20(18)28)8-10-25(15-22)13-17-6-4-3-5-7-17/h3-7,14,16H,8-13,15H2,1-2H3,(H,23,27)/t22-/m1/s1. The van der Waals surface area contributed by atoms with Crippen molar-refractivity contribution in [2.45, 2.75) is 45.2 Å². The van der Waals surface area contributed by atoms with Crippen LogP contribution >= 0.6 is 0 Å². The van der Waals surface area contributed by atoms with Crippen LogP contribution in [0.4, 0.5) is 0 Å². The quantitative estimate of drug-likeness (QED) is 0.863. The third kappa shape index (κ3) is 3.61. The molecular formula is C22H28N4O2. The molecule has 0 saturated carbocycles. The maximum absolute atomic E-state index is 12.6. The lowest BCUT2D eigenvalue weighted by Gasteiger charge is -2.23. The van der Waals surface area contributed by atoms with E-state index in [-0.39, 0.29) is 16.9 Å². The van der Waals surface area contributed by atoms with E-state index in [2.05, 4.69) is 39.5 Å². The Bertz CT molecular complexity index is 922. The summed E-state index contributed by atoms with van der Waals surface area (Å²) < 4.78 is 2.03. The van der Waals surface area contributed by atoms with Gasteiger partial charge in [0.1, 0.15) is 11.4 Å². The molecule has 0 aliphatic carbocycles. The smallest absolute Gasteiger partial charge is 0.285 e. The van der Waals surface area contributed by atoms with Crippen LogP contribution in [0.1, 0.15) is 48.4 Å². The highest BCUT2D eigenvalue weighted by atomic mass is 16.2. The fourth-order valence-electron chi connectivity index (χ4n) is 4.40. The van der Waals surface area contributed by atoms with Gasteiger partial charge in [-0.05, 0) is 30.9 Å². The first-order chi connectivity index (χ1) is 13.5. The molecule has 1 aromatic carbocycles. The summed E-state index contributed by atoms with van der Waals surface area (Å²) >= 11 is 0. The van der Waals surface area contributed by atoms with E-state index >= 15 is 0 Å². The zero-order valence-electron chi connectivity index (χ0n) is 16.6. The van der Waals surface area contributed by atoms with E-state index in [4.69, 9.17) is 0 Å². The van der Waals surface area contributed by atoms with Gasteiger partial charge in [0, 0.05) is 37.8 Å². The highest BCUT2D eigenvalue weighted by molar-refractivity contribution is 5.93. The summed E-state index contributed by atoms with van der Waals surface area (Å²) in [4.78, 5) is 31.8. The molecule has 28 heavy (non-hydrogen) atoms. The molecule has 148 valence electrons. The van der Waals surface area contributed by atoms with E-state index in [1.54, 1.807) is 6.20 Å². The van der Waals surface area contributed by atoms with E-state index in [0.717, 1.165) is 44.8 Å². The van der Waals surface area contributed by atoms with E-state index in [1.807, 2.05) is 24.5 Å². The normalized spacial score (nSPS) is 21.4. The lowest BCUT2D eigenvalue weighted by molar-refractivity contribution is 0.0946. The van der Waals surface area contributed by atoms with Gasteiger partial charge in [-0.3, -0.25) is 14.5 Å². The summed E-state index contributed by atoms with van der Waals surface area (Å²) in [6, 6.07) is 10.5. The molecule has 1 atom stereocenters. The van der Waals surface area contributed by atoms with Gasteiger partial charge in [0.25, 0.3) is 11.5 Å². The zero-order chi connectivity index (χ0) is 19.7. The van der Waals surface area contributed by atoms with Crippen LogP contribution in [-0.2, 0) is 18.5 Å². The van der Waals surface area contributed by atoms with E-state index in [9.17, 15) is 9.59 Å². The Morgan fingerprint density at radius 2 is 1.96 bits per heavy atom. The largest absolute Gasteiger partial charge is 0.352 e. The minimum atomic E-state index is -0.407. The number of likely N-dealkylation sites (tertiary alicyclic amines) is 1. The molecule has 3 heterocycles. The van der Waals surface area contributed by atoms with Crippen LogP contribution in [0.3, 0.4) is 0 Å². The minimum absolute atomic E-state index is 0.0686. The summed E-state index contributed by atoms with van der Waals surface area (Å²) in [6.45, 7) is 8.25. The molecule has 0 radical (unpaired) electrons. The first kappa shape index (κ1) is 18.9. The van der Waals surface area contributed by atoms with Gasteiger partial charge >= 0.3 is 0 Å². The fraction of sp³-hybridized carbons (Fsp3) is 0.500. The number of rotatable bonds is 5. The van der Waals surface area contributed by atoms with Gasteiger partial charge in [-0.1, -0.05) is 44.2 Å². The van der Waals surface area contributed by atoms with E-state index < -0.39 is 5.56 Å². The van der Waals surface area contributed by atoms with Gasteiger partial charge in [-0.15, -0.1) is 0 Å². The second-order valence-electron chi connectivity index (χ2n) is 8.56. The summed E-state index contributed by atoms with van der Waals surface area (Å²) in [5.74, 6) is 0.875. The average molecular weight is 380 g/mol. The number of aromatic nitrogens is 2. The molecule has 1 N–H and O–H groups in total. The van der Waals surface area contributed by atoms with Crippen molar-refractivity contribution in [3.05, 3.63) is 63.8 Å². The van der Waals surface area contributed by atoms with Crippen LogP contribution in [0.2, 0.25) is 0 Å². The molecule has 6 heteroatoms. The molecule has 1 aromatic heterocycles. The number of hydrogen-bond donors (Lipinski definition) is 1. The highest BCUT2D eigenvalue weighted by Gasteiger charge is 2.46. The summed E-state index contributed by atoms with van der Waals surface area (Å²) in [6.07, 6.45) is 3.70. The van der Waals surface area contributed by atoms with Gasteiger partial charge in [0.05, 0.1) is 0 Å². The van der Waals surface area contributed by atoms with Gasteiger partial charge in [0.2, 0.25) is 0 Å². The van der Waals surface area contributed by atoms with Gasteiger partial charge in [0.15, 0.2) is 0 Å². The monoisotopic (exact) mass is 380 g/mol. The van der Waals surface area contributed by atoms with E-state index in [1.165, 1.54) is 5.56 Å². The molecular weight excluding hydrogens is 352 g/mol. The Labute approximate surface area is 165 Å². The number of carbonyl (C=O) groups excluding carboxylic acids is 1. The molecule has 0 bridgehead atoms. The summed E-state index contributed by atoms with van der Waals surface area (Å²) in [5, 5.41) is 2.83. The first-order valence-corrected chi connectivity index (χ1v) is 10.1. The minimum Gasteiger partial charge on any atom is -0.352 e. The summed E-state index contributed by atoms with van der Waals surface area (Å²) in [5.41, 5.74) is 0.983. The lowest BCUT2D eigenvalue weighted by Crippen LogP contribution is -2.36. The lowest BCUT2D eigenvalue weighted by atomic mass is 9.85. The molecule has 1 fully saturated rings. The predicted octanol–water partition coefficient (Wildman–Crippen LogP) is 2.18. The van der Waals surface area contributed by atoms with Crippen molar-refractivity contribution in [1.82, 2.24) is 19.8 Å². The molecule has 4 rings (SSSR count). The van der Waals surface area contributed by atoms with Crippen LogP contribution in [0.15, 0.2) is 41.3 Å². The number of nitrogens with one attached hydrogen (secondary N) is 1. The van der Waals surface area contributed by atoms with Crippen LogP contribution in [0.25, 0.3) is 0 Å². The van der Waals surface area contributed by atoms with Gasteiger partial charge < -0.3 is 9.88 Å². The van der Waals surface area contributed by atoms with Crippen LogP contribution in [-0.4, -0.2) is 40.0 Å². The molecule has 2 aromatic rings. The second-order valence-corrected chi connectivity index (χ2v) is 8.56. The Morgan fingerprint density at radius 1 is 1.21 bits per heavy atom. The second kappa shape index (κ2) is 7.51. The van der Waals surface area contributed by atoms with Crippen molar-refractivity contribution >= 4 is 5.91 Å². The molecule has 2 aliphatic rings. The SMILES string of the molecule is CC(C)CNC(=O)c1cn2c(nc1=O)[C@]1(CCN(Cc3ccccc3)C1)CC2. The molecule has 0 unspecified atom stereocenters. The average Bonchev–Trinajstić information content (AvgIpc) is 3.24. The van der Waals surface area contributed by atoms with Crippen molar-refractivity contribution in [1.29, 1.82) is 0 Å². The topological polar surface area (TPSA) is 67.2 Å². The van der Waals surface area contributed by atoms with Crippen LogP contribution < -0.4 is 10.9 Å². The first-order valence-electron chi connectivity index (χ1n) is 10.1. The third-order valence-corrected chi connectivity index (χ3v) is 5.90. The van der Waals surface area contributed by atoms with Crippen LogP contribution in [0, 0.1) is 5.92 Å². The molecule has 1 spiro atoms. The van der Waals surface area contributed by atoms with Crippen molar-refractivity contribution in [2.75, 3.05) is 19.6 Å². The number of fused-ring (bicyclic) bond motifs is 2. The van der Waals surface area contributed by atoms with Crippen LogP contribution in [0.5, 0.6) is 0 Å². The number of benzene rings is 1. The zero-order valence-corrected chi connectivity index (χ0v) is 16.6. The Morgan fingerprint density at radius 3 is 2.71 bits per heavy atom. The predicted molar refractivity (Wildman–Crippen MR) is 108 cm³/mol. The van der Waals surface area contributed by atoms with Gasteiger partial charge in [-0.25, -0.2) is 0 Å². The molecule has 2 aliphatic heterocycles. The van der Waals surface area contributed by atoms with Crippen molar-refractivity contribution in [2.24, 2.45) is 5.92 Å². The Balaban J connectivity index is 1.52. The number of carbonyl (C=O) groups is 1. The van der Waals surface area contributed by atoms with Gasteiger partial charge in [-0.2, -0.15) is 4.98 Å². The Kier molecular flexibility index (Phi) is 5.06. The number of amides is 1.